The first-order valence-electron chi connectivity index (χ1n) is 6.62. The average Bonchev–Trinajstić information content (AvgIpc) is 2.87. The highest BCUT2D eigenvalue weighted by Gasteiger charge is 2.21. The minimum Gasteiger partial charge on any atom is -0.350 e. The number of nitrogens with zero attached hydrogens (tertiary/aromatic N) is 4. The number of hydrogen-bond donors (Lipinski definition) is 2. The normalized spacial score (nSPS) is 14.8. The van der Waals surface area contributed by atoms with Crippen LogP contribution in [0.3, 0.4) is 0 Å². The molecule has 1 amide bonds. The molecule has 20 heavy (non-hydrogen) atoms. The van der Waals surface area contributed by atoms with Crippen LogP contribution in [0.1, 0.15) is 22.1 Å². The summed E-state index contributed by atoms with van der Waals surface area (Å²) in [5, 5.41) is 13.9. The zero-order valence-corrected chi connectivity index (χ0v) is 11.0. The van der Waals surface area contributed by atoms with Gasteiger partial charge in [0.05, 0.1) is 12.2 Å². The predicted molar refractivity (Wildman–Crippen MR) is 72.2 cm³/mol. The van der Waals surface area contributed by atoms with Crippen molar-refractivity contribution in [2.75, 3.05) is 19.6 Å². The topological polar surface area (TPSA) is 84.7 Å². The molecule has 0 spiro atoms. The molecule has 0 radical (unpaired) electrons. The Morgan fingerprint density at radius 2 is 2.20 bits per heavy atom. The number of carbonyl (C=O) groups excluding carboxylic acids is 1. The molecule has 7 nitrogen and oxygen atoms in total. The Bertz CT molecular complexity index is 578. The van der Waals surface area contributed by atoms with Crippen molar-refractivity contribution in [3.05, 3.63) is 42.0 Å². The van der Waals surface area contributed by atoms with Crippen LogP contribution in [0.25, 0.3) is 0 Å². The SMILES string of the molecule is O=C(NCCc1ccncc1)c1cn(C2CNC2)nn1. The van der Waals surface area contributed by atoms with Gasteiger partial charge in [-0.05, 0) is 24.1 Å². The molecule has 2 aromatic heterocycles. The van der Waals surface area contributed by atoms with Gasteiger partial charge in [0.15, 0.2) is 5.69 Å². The first kappa shape index (κ1) is 12.7. The molecule has 0 aliphatic carbocycles. The van der Waals surface area contributed by atoms with E-state index in [2.05, 4.69) is 25.9 Å². The second-order valence-electron chi connectivity index (χ2n) is 4.76. The molecule has 2 aromatic rings. The number of pyridine rings is 1. The molecule has 3 rings (SSSR count). The van der Waals surface area contributed by atoms with Crippen LogP contribution in [0.5, 0.6) is 0 Å². The average molecular weight is 272 g/mol. The van der Waals surface area contributed by atoms with Crippen LogP contribution in [0.15, 0.2) is 30.7 Å². The Labute approximate surface area is 116 Å². The third-order valence-electron chi connectivity index (χ3n) is 3.33. The first-order valence-corrected chi connectivity index (χ1v) is 6.62. The first-order chi connectivity index (χ1) is 9.83. The van der Waals surface area contributed by atoms with Crippen molar-refractivity contribution >= 4 is 5.91 Å². The van der Waals surface area contributed by atoms with Crippen molar-refractivity contribution in [3.8, 4) is 0 Å². The van der Waals surface area contributed by atoms with Crippen molar-refractivity contribution in [1.82, 2.24) is 30.6 Å². The molecule has 3 heterocycles. The molecule has 0 bridgehead atoms. The Kier molecular flexibility index (Phi) is 3.69. The Morgan fingerprint density at radius 3 is 2.90 bits per heavy atom. The van der Waals surface area contributed by atoms with Crippen LogP contribution in [0.2, 0.25) is 0 Å². The summed E-state index contributed by atoms with van der Waals surface area (Å²) in [4.78, 5) is 15.9. The summed E-state index contributed by atoms with van der Waals surface area (Å²) in [5.41, 5.74) is 1.51. The lowest BCUT2D eigenvalue weighted by Gasteiger charge is -2.26. The highest BCUT2D eigenvalue weighted by Crippen LogP contribution is 2.09. The fourth-order valence-electron chi connectivity index (χ4n) is 1.98. The smallest absolute Gasteiger partial charge is 0.273 e. The van der Waals surface area contributed by atoms with Gasteiger partial charge in [-0.2, -0.15) is 0 Å². The molecule has 1 aliphatic rings. The molecular formula is C13H16N6O. The second kappa shape index (κ2) is 5.79. The standard InChI is InChI=1S/C13H16N6O/c20-13(16-6-3-10-1-4-14-5-2-10)12-9-19(18-17-12)11-7-15-8-11/h1-2,4-5,9,11,15H,3,6-8H2,(H,16,20). The Morgan fingerprint density at radius 1 is 1.40 bits per heavy atom. The zero-order chi connectivity index (χ0) is 13.8. The molecule has 0 saturated carbocycles. The van der Waals surface area contributed by atoms with Crippen molar-refractivity contribution in [1.29, 1.82) is 0 Å². The van der Waals surface area contributed by atoms with E-state index in [1.165, 1.54) is 0 Å². The number of amides is 1. The van der Waals surface area contributed by atoms with Crippen LogP contribution in [-0.2, 0) is 6.42 Å². The molecule has 0 unspecified atom stereocenters. The molecule has 1 aliphatic heterocycles. The fourth-order valence-corrected chi connectivity index (χ4v) is 1.98. The minimum atomic E-state index is -0.183. The number of nitrogens with one attached hydrogen (secondary N) is 2. The van der Waals surface area contributed by atoms with Crippen LogP contribution >= 0.6 is 0 Å². The van der Waals surface area contributed by atoms with Crippen molar-refractivity contribution in [3.63, 3.8) is 0 Å². The zero-order valence-electron chi connectivity index (χ0n) is 11.0. The maximum absolute atomic E-state index is 11.9. The summed E-state index contributed by atoms with van der Waals surface area (Å²) in [5.74, 6) is -0.183. The molecule has 1 saturated heterocycles. The van der Waals surface area contributed by atoms with E-state index in [0.29, 0.717) is 18.3 Å². The molecule has 0 atom stereocenters. The highest BCUT2D eigenvalue weighted by molar-refractivity contribution is 5.91. The summed E-state index contributed by atoms with van der Waals surface area (Å²) >= 11 is 0. The monoisotopic (exact) mass is 272 g/mol. The summed E-state index contributed by atoms with van der Waals surface area (Å²) in [7, 11) is 0. The van der Waals surface area contributed by atoms with Gasteiger partial charge in [-0.15, -0.1) is 5.10 Å². The summed E-state index contributed by atoms with van der Waals surface area (Å²) in [6, 6.07) is 4.19. The quantitative estimate of drug-likeness (QED) is 0.786. The number of carbonyl (C=O) groups is 1. The number of hydrogen-bond acceptors (Lipinski definition) is 5. The minimum absolute atomic E-state index is 0.183. The van der Waals surface area contributed by atoms with Gasteiger partial charge < -0.3 is 10.6 Å². The molecule has 1 fully saturated rings. The number of aromatic nitrogens is 4. The fraction of sp³-hybridized carbons (Fsp3) is 0.385. The van der Waals surface area contributed by atoms with Gasteiger partial charge >= 0.3 is 0 Å². The van der Waals surface area contributed by atoms with Gasteiger partial charge in [0, 0.05) is 32.0 Å². The Balaban J connectivity index is 1.50. The van der Waals surface area contributed by atoms with E-state index in [9.17, 15) is 4.79 Å². The maximum Gasteiger partial charge on any atom is 0.273 e. The molecule has 7 heteroatoms. The number of rotatable bonds is 5. The molecule has 104 valence electrons. The van der Waals surface area contributed by atoms with Crippen molar-refractivity contribution in [2.45, 2.75) is 12.5 Å². The lowest BCUT2D eigenvalue weighted by molar-refractivity contribution is 0.0949. The van der Waals surface area contributed by atoms with Crippen LogP contribution in [0.4, 0.5) is 0 Å². The third-order valence-corrected chi connectivity index (χ3v) is 3.33. The molecule has 2 N–H and O–H groups in total. The van der Waals surface area contributed by atoms with Crippen molar-refractivity contribution < 1.29 is 4.79 Å². The largest absolute Gasteiger partial charge is 0.350 e. The van der Waals surface area contributed by atoms with Crippen LogP contribution in [-0.4, -0.2) is 45.5 Å². The van der Waals surface area contributed by atoms with Gasteiger partial charge in [-0.25, -0.2) is 4.68 Å². The Hall–Kier alpha value is -2.28. The lowest BCUT2D eigenvalue weighted by Crippen LogP contribution is -2.43. The van der Waals surface area contributed by atoms with E-state index in [1.807, 2.05) is 12.1 Å². The molecular weight excluding hydrogens is 256 g/mol. The third kappa shape index (κ3) is 2.83. The maximum atomic E-state index is 11.9. The van der Waals surface area contributed by atoms with Gasteiger partial charge in [-0.1, -0.05) is 5.21 Å². The van der Waals surface area contributed by atoms with E-state index >= 15 is 0 Å². The van der Waals surface area contributed by atoms with E-state index in [4.69, 9.17) is 0 Å². The van der Waals surface area contributed by atoms with Gasteiger partial charge in [-0.3, -0.25) is 9.78 Å². The van der Waals surface area contributed by atoms with E-state index < -0.39 is 0 Å². The van der Waals surface area contributed by atoms with E-state index in [-0.39, 0.29) is 5.91 Å². The van der Waals surface area contributed by atoms with Gasteiger partial charge in [0.25, 0.3) is 5.91 Å². The van der Waals surface area contributed by atoms with E-state index in [1.54, 1.807) is 23.3 Å². The summed E-state index contributed by atoms with van der Waals surface area (Å²) in [6.07, 6.45) is 5.97. The predicted octanol–water partition coefficient (Wildman–Crippen LogP) is -0.210. The summed E-state index contributed by atoms with van der Waals surface area (Å²) in [6.45, 7) is 2.33. The molecule has 0 aromatic carbocycles. The summed E-state index contributed by atoms with van der Waals surface area (Å²) < 4.78 is 1.74. The van der Waals surface area contributed by atoms with Crippen molar-refractivity contribution in [2.24, 2.45) is 0 Å². The van der Waals surface area contributed by atoms with Gasteiger partial charge in [0.1, 0.15) is 0 Å². The highest BCUT2D eigenvalue weighted by atomic mass is 16.2. The van der Waals surface area contributed by atoms with Crippen LogP contribution < -0.4 is 10.6 Å². The van der Waals surface area contributed by atoms with Gasteiger partial charge in [0.2, 0.25) is 0 Å². The van der Waals surface area contributed by atoms with E-state index in [0.717, 1.165) is 25.1 Å². The van der Waals surface area contributed by atoms with Crippen LogP contribution in [0, 0.1) is 0 Å². The second-order valence-corrected chi connectivity index (χ2v) is 4.76. The lowest BCUT2D eigenvalue weighted by atomic mass is 10.2.